The average Bonchev–Trinajstić information content (AvgIpc) is 2.98. The predicted molar refractivity (Wildman–Crippen MR) is 109 cm³/mol. The predicted octanol–water partition coefficient (Wildman–Crippen LogP) is 4.72. The second kappa shape index (κ2) is 8.69. The summed E-state index contributed by atoms with van der Waals surface area (Å²) in [7, 11) is 0. The number of esters is 1. The first-order chi connectivity index (χ1) is 12.6. The molecule has 1 fully saturated rings. The number of nitrogens with zero attached hydrogens (tertiary/aromatic N) is 1. The lowest BCUT2D eigenvalue weighted by atomic mass is 9.98. The molecule has 0 amide bonds. The molecule has 2 N–H and O–H groups in total. The SMILES string of the molecule is CCOC(=O)c1c(N)sc(CN2CCCCC2)c1-c1ccc(CC)cc1. The summed E-state index contributed by atoms with van der Waals surface area (Å²) in [4.78, 5) is 16.2. The largest absolute Gasteiger partial charge is 0.462 e. The van der Waals surface area contributed by atoms with Crippen LogP contribution in [0.2, 0.25) is 0 Å². The van der Waals surface area contributed by atoms with Crippen LogP contribution >= 0.6 is 11.3 Å². The topological polar surface area (TPSA) is 55.6 Å². The number of hydrogen-bond donors (Lipinski definition) is 1. The molecule has 0 spiro atoms. The Bertz CT molecular complexity index is 746. The first kappa shape index (κ1) is 18.9. The van der Waals surface area contributed by atoms with Gasteiger partial charge >= 0.3 is 5.97 Å². The lowest BCUT2D eigenvalue weighted by Gasteiger charge is -2.26. The summed E-state index contributed by atoms with van der Waals surface area (Å²) < 4.78 is 5.29. The van der Waals surface area contributed by atoms with E-state index in [9.17, 15) is 4.79 Å². The normalized spacial score (nSPS) is 15.2. The number of nitrogens with two attached hydrogens (primary N) is 1. The minimum absolute atomic E-state index is 0.319. The highest BCUT2D eigenvalue weighted by Gasteiger charge is 2.26. The van der Waals surface area contributed by atoms with Crippen LogP contribution in [-0.2, 0) is 17.7 Å². The molecule has 1 saturated heterocycles. The molecule has 0 saturated carbocycles. The monoisotopic (exact) mass is 372 g/mol. The lowest BCUT2D eigenvalue weighted by molar-refractivity contribution is 0.0529. The minimum atomic E-state index is -0.319. The molecular weight excluding hydrogens is 344 g/mol. The fourth-order valence-electron chi connectivity index (χ4n) is 3.55. The van der Waals surface area contributed by atoms with E-state index in [1.54, 1.807) is 0 Å². The van der Waals surface area contributed by atoms with Crippen molar-refractivity contribution >= 4 is 22.3 Å². The maximum atomic E-state index is 12.6. The summed E-state index contributed by atoms with van der Waals surface area (Å²) in [5, 5.41) is 0.560. The van der Waals surface area contributed by atoms with Gasteiger partial charge in [0.2, 0.25) is 0 Å². The Hall–Kier alpha value is -1.85. The molecule has 0 bridgehead atoms. The smallest absolute Gasteiger partial charge is 0.341 e. The Balaban J connectivity index is 2.01. The van der Waals surface area contributed by atoms with Crippen molar-refractivity contribution < 1.29 is 9.53 Å². The van der Waals surface area contributed by atoms with E-state index >= 15 is 0 Å². The molecule has 4 nitrogen and oxygen atoms in total. The molecule has 1 aromatic heterocycles. The lowest BCUT2D eigenvalue weighted by Crippen LogP contribution is -2.28. The molecule has 1 aliphatic rings. The zero-order valence-corrected chi connectivity index (χ0v) is 16.5. The molecule has 5 heteroatoms. The molecule has 3 rings (SSSR count). The van der Waals surface area contributed by atoms with E-state index in [1.807, 2.05) is 6.92 Å². The van der Waals surface area contributed by atoms with Gasteiger partial charge in [-0.3, -0.25) is 4.90 Å². The number of anilines is 1. The number of piperidine rings is 1. The number of ether oxygens (including phenoxy) is 1. The number of likely N-dealkylation sites (tertiary alicyclic amines) is 1. The van der Waals surface area contributed by atoms with Gasteiger partial charge in [-0.2, -0.15) is 0 Å². The summed E-state index contributed by atoms with van der Waals surface area (Å²) in [5.41, 5.74) is 10.1. The van der Waals surface area contributed by atoms with Crippen LogP contribution in [0.5, 0.6) is 0 Å². The Morgan fingerprint density at radius 1 is 1.15 bits per heavy atom. The molecule has 140 valence electrons. The fraction of sp³-hybridized carbons (Fsp3) is 0.476. The van der Waals surface area contributed by atoms with E-state index in [1.165, 1.54) is 36.2 Å². The summed E-state index contributed by atoms with van der Waals surface area (Å²) in [5.74, 6) is -0.319. The van der Waals surface area contributed by atoms with E-state index in [0.717, 1.165) is 42.1 Å². The van der Waals surface area contributed by atoms with Crippen LogP contribution in [-0.4, -0.2) is 30.6 Å². The molecular formula is C21H28N2O2S. The van der Waals surface area contributed by atoms with E-state index < -0.39 is 0 Å². The van der Waals surface area contributed by atoms with Gasteiger partial charge < -0.3 is 10.5 Å². The number of carbonyl (C=O) groups excluding carboxylic acids is 1. The summed E-state index contributed by atoms with van der Waals surface area (Å²) in [6, 6.07) is 8.46. The van der Waals surface area contributed by atoms with Crippen LogP contribution in [0.3, 0.4) is 0 Å². The molecule has 0 unspecified atom stereocenters. The highest BCUT2D eigenvalue weighted by molar-refractivity contribution is 7.17. The molecule has 0 aliphatic carbocycles. The number of thiophene rings is 1. The first-order valence-corrected chi connectivity index (χ1v) is 10.4. The number of hydrogen-bond acceptors (Lipinski definition) is 5. The molecule has 26 heavy (non-hydrogen) atoms. The summed E-state index contributed by atoms with van der Waals surface area (Å²) >= 11 is 1.53. The van der Waals surface area contributed by atoms with Crippen LogP contribution < -0.4 is 5.73 Å². The Kier molecular flexibility index (Phi) is 6.33. The van der Waals surface area contributed by atoms with Crippen LogP contribution in [0.25, 0.3) is 11.1 Å². The van der Waals surface area contributed by atoms with Crippen molar-refractivity contribution in [3.63, 3.8) is 0 Å². The third-order valence-electron chi connectivity index (χ3n) is 4.95. The molecule has 2 aromatic rings. The average molecular weight is 373 g/mol. The van der Waals surface area contributed by atoms with Gasteiger partial charge in [-0.15, -0.1) is 11.3 Å². The highest BCUT2D eigenvalue weighted by atomic mass is 32.1. The molecule has 0 atom stereocenters. The molecule has 2 heterocycles. The van der Waals surface area contributed by atoms with Crippen LogP contribution in [0.1, 0.15) is 53.9 Å². The number of benzene rings is 1. The van der Waals surface area contributed by atoms with Crippen molar-refractivity contribution in [1.29, 1.82) is 0 Å². The van der Waals surface area contributed by atoms with Crippen molar-refractivity contribution in [2.24, 2.45) is 0 Å². The maximum absolute atomic E-state index is 12.6. The standard InChI is InChI=1S/C21H28N2O2S/c1-3-15-8-10-16(11-9-15)18-17(14-23-12-6-5-7-13-23)26-20(22)19(18)21(24)25-4-2/h8-11H,3-7,12-14,22H2,1-2H3. The van der Waals surface area contributed by atoms with Gasteiger partial charge in [-0.25, -0.2) is 4.79 Å². The Morgan fingerprint density at radius 2 is 1.85 bits per heavy atom. The molecule has 1 aliphatic heterocycles. The van der Waals surface area contributed by atoms with Crippen molar-refractivity contribution in [3.8, 4) is 11.1 Å². The van der Waals surface area contributed by atoms with Gasteiger partial charge in [0, 0.05) is 17.0 Å². The zero-order chi connectivity index (χ0) is 18.5. The highest BCUT2D eigenvalue weighted by Crippen LogP contribution is 2.40. The number of aryl methyl sites for hydroxylation is 1. The Labute approximate surface area is 160 Å². The maximum Gasteiger partial charge on any atom is 0.341 e. The summed E-state index contributed by atoms with van der Waals surface area (Å²) in [6.45, 7) is 7.39. The van der Waals surface area contributed by atoms with Gasteiger partial charge in [0.15, 0.2) is 0 Å². The molecule has 0 radical (unpaired) electrons. The fourth-order valence-corrected chi connectivity index (χ4v) is 4.67. The van der Waals surface area contributed by atoms with E-state index in [-0.39, 0.29) is 5.97 Å². The first-order valence-electron chi connectivity index (χ1n) is 9.54. The number of nitrogen functional groups attached to an aromatic ring is 1. The van der Waals surface area contributed by atoms with Crippen LogP contribution in [0, 0.1) is 0 Å². The minimum Gasteiger partial charge on any atom is -0.462 e. The van der Waals surface area contributed by atoms with Gasteiger partial charge in [0.25, 0.3) is 0 Å². The van der Waals surface area contributed by atoms with E-state index in [2.05, 4.69) is 36.1 Å². The number of rotatable bonds is 6. The number of carbonyl (C=O) groups is 1. The van der Waals surface area contributed by atoms with E-state index in [0.29, 0.717) is 17.2 Å². The van der Waals surface area contributed by atoms with Crippen molar-refractivity contribution in [3.05, 3.63) is 40.3 Å². The Morgan fingerprint density at radius 3 is 2.46 bits per heavy atom. The van der Waals surface area contributed by atoms with Crippen molar-refractivity contribution in [1.82, 2.24) is 4.90 Å². The third kappa shape index (κ3) is 4.10. The van der Waals surface area contributed by atoms with Gasteiger partial charge in [0.1, 0.15) is 10.6 Å². The molecule has 1 aromatic carbocycles. The van der Waals surface area contributed by atoms with Gasteiger partial charge in [-0.1, -0.05) is 37.6 Å². The quantitative estimate of drug-likeness (QED) is 0.745. The van der Waals surface area contributed by atoms with E-state index in [4.69, 9.17) is 10.5 Å². The van der Waals surface area contributed by atoms with Gasteiger partial charge in [-0.05, 0) is 50.4 Å². The second-order valence-corrected chi connectivity index (χ2v) is 7.88. The second-order valence-electron chi connectivity index (χ2n) is 6.75. The zero-order valence-electron chi connectivity index (χ0n) is 15.7. The van der Waals surface area contributed by atoms with Crippen LogP contribution in [0.15, 0.2) is 24.3 Å². The van der Waals surface area contributed by atoms with Gasteiger partial charge in [0.05, 0.1) is 6.61 Å². The van der Waals surface area contributed by atoms with Crippen molar-refractivity contribution in [2.75, 3.05) is 25.4 Å². The third-order valence-corrected chi connectivity index (χ3v) is 5.96. The van der Waals surface area contributed by atoms with Crippen molar-refractivity contribution in [2.45, 2.75) is 46.1 Å². The summed E-state index contributed by atoms with van der Waals surface area (Å²) in [6.07, 6.45) is 4.79. The van der Waals surface area contributed by atoms with Crippen LogP contribution in [0.4, 0.5) is 5.00 Å².